The van der Waals surface area contributed by atoms with E-state index < -0.39 is 0 Å². The predicted octanol–water partition coefficient (Wildman–Crippen LogP) is 4.87. The van der Waals surface area contributed by atoms with Crippen molar-refractivity contribution in [1.82, 2.24) is 9.80 Å². The average molecular weight is 477 g/mol. The van der Waals surface area contributed by atoms with Crippen molar-refractivity contribution in [2.24, 2.45) is 5.92 Å². The van der Waals surface area contributed by atoms with Crippen LogP contribution in [0.5, 0.6) is 5.75 Å². The molecule has 4 rings (SSSR count). The normalized spacial score (nSPS) is 21.6. The minimum absolute atomic E-state index is 0.00949. The van der Waals surface area contributed by atoms with E-state index in [1.165, 1.54) is 45.2 Å². The van der Waals surface area contributed by atoms with Gasteiger partial charge in [0.15, 0.2) is 0 Å². The first-order valence-electron chi connectivity index (χ1n) is 12.3. The third-order valence-electron chi connectivity index (χ3n) is 7.70. The first-order chi connectivity index (χ1) is 15.9. The molecular weight excluding hydrogens is 440 g/mol. The fraction of sp³-hybridized carbons (Fsp3) is 0.654. The highest BCUT2D eigenvalue weighted by Crippen LogP contribution is 2.38. The molecule has 1 aromatic heterocycles. The number of piperidine rings is 2. The molecule has 2 saturated heterocycles. The maximum absolute atomic E-state index is 12.5. The van der Waals surface area contributed by atoms with Crippen LogP contribution < -0.4 is 5.63 Å². The van der Waals surface area contributed by atoms with Gasteiger partial charge in [0.05, 0.1) is 10.6 Å². The molecule has 0 unspecified atom stereocenters. The van der Waals surface area contributed by atoms with Crippen LogP contribution in [0.25, 0.3) is 11.0 Å². The highest BCUT2D eigenvalue weighted by molar-refractivity contribution is 6.33. The number of benzene rings is 1. The number of rotatable bonds is 8. The molecule has 2 aliphatic heterocycles. The number of aromatic hydroxyl groups is 1. The molecule has 2 fully saturated rings. The molecule has 0 aliphatic carbocycles. The molecule has 182 valence electrons. The van der Waals surface area contributed by atoms with Gasteiger partial charge in [0.2, 0.25) is 0 Å². The van der Waals surface area contributed by atoms with E-state index in [-0.39, 0.29) is 11.4 Å². The van der Waals surface area contributed by atoms with Crippen LogP contribution in [0.4, 0.5) is 0 Å². The molecule has 2 aliphatic rings. The zero-order valence-corrected chi connectivity index (χ0v) is 20.9. The zero-order chi connectivity index (χ0) is 23.5. The summed E-state index contributed by atoms with van der Waals surface area (Å²) in [5.74, 6) is 0.612. The number of phenolic OH excluding ortho intramolecular Hbond substituents is 1. The molecule has 0 amide bonds. The van der Waals surface area contributed by atoms with Gasteiger partial charge in [-0.2, -0.15) is 0 Å². The Morgan fingerprint density at radius 3 is 2.79 bits per heavy atom. The van der Waals surface area contributed by atoms with Crippen molar-refractivity contribution in [2.45, 2.75) is 65.0 Å². The number of hydrogen-bond donors (Lipinski definition) is 1. The van der Waals surface area contributed by atoms with E-state index >= 15 is 0 Å². The van der Waals surface area contributed by atoms with Crippen LogP contribution in [0.1, 0.15) is 55.2 Å². The Morgan fingerprint density at radius 1 is 1.21 bits per heavy atom. The molecule has 1 N–H and O–H groups in total. The van der Waals surface area contributed by atoms with Crippen molar-refractivity contribution in [3.8, 4) is 5.75 Å². The Morgan fingerprint density at radius 2 is 2.00 bits per heavy atom. The number of methoxy groups -OCH3 is 1. The first-order valence-corrected chi connectivity index (χ1v) is 12.7. The van der Waals surface area contributed by atoms with Crippen LogP contribution in [0, 0.1) is 19.8 Å². The van der Waals surface area contributed by atoms with Crippen LogP contribution in [0.15, 0.2) is 15.3 Å². The van der Waals surface area contributed by atoms with Crippen molar-refractivity contribution in [3.63, 3.8) is 0 Å². The van der Waals surface area contributed by atoms with E-state index in [2.05, 4.69) is 9.80 Å². The Kier molecular flexibility index (Phi) is 8.00. The van der Waals surface area contributed by atoms with E-state index in [9.17, 15) is 9.90 Å². The fourth-order valence-corrected chi connectivity index (χ4v) is 5.98. The lowest BCUT2D eigenvalue weighted by Crippen LogP contribution is -2.51. The zero-order valence-electron chi connectivity index (χ0n) is 20.2. The lowest BCUT2D eigenvalue weighted by atomic mass is 9.83. The third kappa shape index (κ3) is 5.24. The summed E-state index contributed by atoms with van der Waals surface area (Å²) >= 11 is 6.44. The second-order valence-corrected chi connectivity index (χ2v) is 10.2. The van der Waals surface area contributed by atoms with Crippen LogP contribution >= 0.6 is 11.6 Å². The second kappa shape index (κ2) is 10.8. The molecule has 7 heteroatoms. The summed E-state index contributed by atoms with van der Waals surface area (Å²) in [4.78, 5) is 17.5. The van der Waals surface area contributed by atoms with Gasteiger partial charge in [-0.25, -0.2) is 4.79 Å². The Labute approximate surface area is 201 Å². The van der Waals surface area contributed by atoms with Gasteiger partial charge < -0.3 is 19.2 Å². The van der Waals surface area contributed by atoms with Gasteiger partial charge in [-0.15, -0.1) is 0 Å². The number of halogens is 1. The summed E-state index contributed by atoms with van der Waals surface area (Å²) in [6, 6.07) is 2.35. The van der Waals surface area contributed by atoms with Gasteiger partial charge in [0.25, 0.3) is 0 Å². The minimum atomic E-state index is -0.362. The van der Waals surface area contributed by atoms with E-state index in [0.717, 1.165) is 30.5 Å². The second-order valence-electron chi connectivity index (χ2n) is 9.78. The summed E-state index contributed by atoms with van der Waals surface area (Å²) in [6.45, 7) is 9.07. The van der Waals surface area contributed by atoms with Crippen LogP contribution in [0.2, 0.25) is 5.02 Å². The van der Waals surface area contributed by atoms with Gasteiger partial charge in [0.1, 0.15) is 11.3 Å². The summed E-state index contributed by atoms with van der Waals surface area (Å²) < 4.78 is 11.0. The Balaban J connectivity index is 1.66. The van der Waals surface area contributed by atoms with Crippen molar-refractivity contribution >= 4 is 22.6 Å². The lowest BCUT2D eigenvalue weighted by Gasteiger charge is -2.45. The molecule has 2 atom stereocenters. The van der Waals surface area contributed by atoms with Gasteiger partial charge in [-0.3, -0.25) is 4.90 Å². The van der Waals surface area contributed by atoms with Crippen LogP contribution in [-0.2, 0) is 11.3 Å². The number of aryl methyl sites for hydroxylation is 1. The van der Waals surface area contributed by atoms with Gasteiger partial charge in [-0.05, 0) is 76.6 Å². The quantitative estimate of drug-likeness (QED) is 0.433. The number of hydrogen-bond acceptors (Lipinski definition) is 6. The number of phenols is 1. The number of fused-ring (bicyclic) bond motifs is 2. The molecule has 6 nitrogen and oxygen atoms in total. The number of ether oxygens (including phenoxy) is 1. The smallest absolute Gasteiger partial charge is 0.339 e. The largest absolute Gasteiger partial charge is 0.506 e. The fourth-order valence-electron chi connectivity index (χ4n) is 5.75. The SMILES string of the molecule is COCCCN(Cc1c(O)c(Cl)cc2c(C)c(C)c(=O)oc12)C[C@@H]1CCCN2CCCC[C@H]12. The summed E-state index contributed by atoms with van der Waals surface area (Å²) in [7, 11) is 1.72. The summed E-state index contributed by atoms with van der Waals surface area (Å²) in [5, 5.41) is 12.0. The molecule has 0 bridgehead atoms. The van der Waals surface area contributed by atoms with Crippen LogP contribution in [0.3, 0.4) is 0 Å². The molecule has 0 spiro atoms. The average Bonchev–Trinajstić information content (AvgIpc) is 2.81. The first kappa shape index (κ1) is 24.5. The molecule has 33 heavy (non-hydrogen) atoms. The Bertz CT molecular complexity index is 1040. The molecular formula is C26H37ClN2O4. The molecule has 0 radical (unpaired) electrons. The van der Waals surface area contributed by atoms with E-state index in [0.29, 0.717) is 46.8 Å². The molecule has 0 saturated carbocycles. The highest BCUT2D eigenvalue weighted by atomic mass is 35.5. The maximum atomic E-state index is 12.5. The van der Waals surface area contributed by atoms with Crippen molar-refractivity contribution in [2.75, 3.05) is 39.9 Å². The van der Waals surface area contributed by atoms with E-state index in [4.69, 9.17) is 20.8 Å². The Hall–Kier alpha value is -1.60. The van der Waals surface area contributed by atoms with Crippen molar-refractivity contribution in [1.29, 1.82) is 0 Å². The minimum Gasteiger partial charge on any atom is -0.506 e. The van der Waals surface area contributed by atoms with Crippen molar-refractivity contribution in [3.05, 3.63) is 38.2 Å². The van der Waals surface area contributed by atoms with Crippen molar-refractivity contribution < 1.29 is 14.3 Å². The maximum Gasteiger partial charge on any atom is 0.339 e. The highest BCUT2D eigenvalue weighted by Gasteiger charge is 2.34. The monoisotopic (exact) mass is 476 g/mol. The van der Waals surface area contributed by atoms with Crippen LogP contribution in [-0.4, -0.2) is 60.8 Å². The molecule has 3 heterocycles. The van der Waals surface area contributed by atoms with Gasteiger partial charge in [-0.1, -0.05) is 18.0 Å². The molecule has 2 aromatic rings. The van der Waals surface area contributed by atoms with E-state index in [1.807, 2.05) is 6.92 Å². The summed E-state index contributed by atoms with van der Waals surface area (Å²) in [5.41, 5.74) is 2.11. The van der Waals surface area contributed by atoms with Gasteiger partial charge in [0, 0.05) is 50.3 Å². The third-order valence-corrected chi connectivity index (χ3v) is 7.98. The predicted molar refractivity (Wildman–Crippen MR) is 132 cm³/mol. The lowest BCUT2D eigenvalue weighted by molar-refractivity contribution is 0.0372. The topological polar surface area (TPSA) is 66.2 Å². The molecule has 1 aromatic carbocycles. The standard InChI is InChI=1S/C26H37ClN2O4/c1-17-18(2)26(31)33-25-20(17)14-22(27)24(30)21(25)16-28(10-7-13-32-3)15-19-8-6-12-29-11-5-4-9-23(19)29/h14,19,23,30H,4-13,15-16H2,1-3H3/t19-,23+/m0/s1. The van der Waals surface area contributed by atoms with Gasteiger partial charge >= 0.3 is 5.63 Å². The number of nitrogens with zero attached hydrogens (tertiary/aromatic N) is 2. The summed E-state index contributed by atoms with van der Waals surface area (Å²) in [6.07, 6.45) is 7.27. The van der Waals surface area contributed by atoms with E-state index in [1.54, 1.807) is 20.1 Å².